The number of nitrogens with two attached hydrogens (primary N) is 1. The molecule has 1 amide bonds. The number of amides is 1. The Morgan fingerprint density at radius 1 is 1.25 bits per heavy atom. The van der Waals surface area contributed by atoms with Gasteiger partial charge in [-0.2, -0.15) is 0 Å². The number of rotatable bonds is 4. The van der Waals surface area contributed by atoms with E-state index in [0.29, 0.717) is 11.6 Å². The van der Waals surface area contributed by atoms with Crippen molar-refractivity contribution in [3.05, 3.63) is 29.3 Å². The first kappa shape index (κ1) is 14.9. The quantitative estimate of drug-likeness (QED) is 0.879. The van der Waals surface area contributed by atoms with E-state index in [1.807, 2.05) is 19.1 Å². The first-order valence-electron chi connectivity index (χ1n) is 7.65. The average molecular weight is 274 g/mol. The first-order valence-corrected chi connectivity index (χ1v) is 7.65. The van der Waals surface area contributed by atoms with Gasteiger partial charge in [-0.25, -0.2) is 0 Å². The predicted molar refractivity (Wildman–Crippen MR) is 83.9 cm³/mol. The molecule has 0 unspecified atom stereocenters. The molecule has 1 fully saturated rings. The van der Waals surface area contributed by atoms with Gasteiger partial charge in [-0.15, -0.1) is 0 Å². The number of anilines is 1. The molecule has 3 heteroatoms. The molecule has 0 saturated heterocycles. The Kier molecular flexibility index (Phi) is 4.69. The van der Waals surface area contributed by atoms with Crippen molar-refractivity contribution in [1.29, 1.82) is 0 Å². The maximum Gasteiger partial charge on any atom is 0.249 e. The van der Waals surface area contributed by atoms with E-state index in [4.69, 9.17) is 5.73 Å². The van der Waals surface area contributed by atoms with E-state index in [1.165, 1.54) is 25.7 Å². The van der Waals surface area contributed by atoms with Crippen LogP contribution in [-0.4, -0.2) is 11.9 Å². The van der Waals surface area contributed by atoms with Crippen LogP contribution in [0.2, 0.25) is 0 Å². The Morgan fingerprint density at radius 2 is 1.90 bits per heavy atom. The van der Waals surface area contributed by atoms with Gasteiger partial charge in [0.15, 0.2) is 0 Å². The van der Waals surface area contributed by atoms with Crippen molar-refractivity contribution >= 4 is 11.6 Å². The normalized spacial score (nSPS) is 22.8. The minimum Gasteiger partial charge on any atom is -0.382 e. The Balaban J connectivity index is 2.01. The zero-order valence-corrected chi connectivity index (χ0v) is 12.8. The number of carbonyl (C=O) groups is 1. The summed E-state index contributed by atoms with van der Waals surface area (Å²) in [5.74, 6) is 1.30. The SMILES string of the molecule is Cc1c(NC2CCC(C(C)C)CC2)cccc1C(N)=O. The van der Waals surface area contributed by atoms with Crippen LogP contribution in [0.4, 0.5) is 5.69 Å². The van der Waals surface area contributed by atoms with Gasteiger partial charge in [0.25, 0.3) is 0 Å². The van der Waals surface area contributed by atoms with Crippen LogP contribution >= 0.6 is 0 Å². The fraction of sp³-hybridized carbons (Fsp3) is 0.588. The van der Waals surface area contributed by atoms with Crippen molar-refractivity contribution in [3.8, 4) is 0 Å². The van der Waals surface area contributed by atoms with Crippen LogP contribution in [0.5, 0.6) is 0 Å². The summed E-state index contributed by atoms with van der Waals surface area (Å²) >= 11 is 0. The summed E-state index contributed by atoms with van der Waals surface area (Å²) in [5, 5.41) is 3.60. The van der Waals surface area contributed by atoms with Crippen molar-refractivity contribution < 1.29 is 4.79 Å². The molecule has 0 spiro atoms. The molecule has 1 aliphatic rings. The molecular formula is C17H26N2O. The van der Waals surface area contributed by atoms with Gasteiger partial charge < -0.3 is 11.1 Å². The third-order valence-electron chi connectivity index (χ3n) is 4.67. The van der Waals surface area contributed by atoms with Crippen molar-refractivity contribution in [2.45, 2.75) is 52.5 Å². The maximum absolute atomic E-state index is 11.4. The highest BCUT2D eigenvalue weighted by molar-refractivity contribution is 5.95. The molecule has 0 aromatic heterocycles. The van der Waals surface area contributed by atoms with Gasteiger partial charge >= 0.3 is 0 Å². The fourth-order valence-corrected chi connectivity index (χ4v) is 3.21. The molecule has 110 valence electrons. The van der Waals surface area contributed by atoms with Crippen LogP contribution in [-0.2, 0) is 0 Å². The Hall–Kier alpha value is -1.51. The van der Waals surface area contributed by atoms with E-state index in [2.05, 4.69) is 19.2 Å². The molecule has 3 nitrogen and oxygen atoms in total. The zero-order chi connectivity index (χ0) is 14.7. The second-order valence-corrected chi connectivity index (χ2v) is 6.34. The first-order chi connectivity index (χ1) is 9.49. The average Bonchev–Trinajstić information content (AvgIpc) is 2.41. The third-order valence-corrected chi connectivity index (χ3v) is 4.67. The Bertz CT molecular complexity index is 474. The lowest BCUT2D eigenvalue weighted by Crippen LogP contribution is -2.28. The largest absolute Gasteiger partial charge is 0.382 e. The summed E-state index contributed by atoms with van der Waals surface area (Å²) < 4.78 is 0. The van der Waals surface area contributed by atoms with Crippen LogP contribution in [0.3, 0.4) is 0 Å². The smallest absolute Gasteiger partial charge is 0.249 e. The summed E-state index contributed by atoms with van der Waals surface area (Å²) in [6.07, 6.45) is 5.01. The zero-order valence-electron chi connectivity index (χ0n) is 12.8. The number of carbonyl (C=O) groups excluding carboxylic acids is 1. The van der Waals surface area contributed by atoms with Gasteiger partial charge in [-0.1, -0.05) is 19.9 Å². The second-order valence-electron chi connectivity index (χ2n) is 6.34. The van der Waals surface area contributed by atoms with Gasteiger partial charge in [-0.05, 0) is 62.1 Å². The van der Waals surface area contributed by atoms with E-state index in [1.54, 1.807) is 6.07 Å². The van der Waals surface area contributed by atoms with Crippen LogP contribution < -0.4 is 11.1 Å². The molecule has 3 N–H and O–H groups in total. The molecule has 0 aliphatic heterocycles. The molecule has 1 aliphatic carbocycles. The molecule has 1 aromatic carbocycles. The van der Waals surface area contributed by atoms with Crippen molar-refractivity contribution in [3.63, 3.8) is 0 Å². The predicted octanol–water partition coefficient (Wildman–Crippen LogP) is 3.72. The van der Waals surface area contributed by atoms with Crippen LogP contribution in [0.15, 0.2) is 18.2 Å². The van der Waals surface area contributed by atoms with Gasteiger partial charge in [-0.3, -0.25) is 4.79 Å². The van der Waals surface area contributed by atoms with Crippen LogP contribution in [0.1, 0.15) is 55.5 Å². The third kappa shape index (κ3) is 3.33. The number of hydrogen-bond acceptors (Lipinski definition) is 2. The van der Waals surface area contributed by atoms with Gasteiger partial charge in [0.1, 0.15) is 0 Å². The number of nitrogens with one attached hydrogen (secondary N) is 1. The highest BCUT2D eigenvalue weighted by Gasteiger charge is 2.23. The molecule has 0 heterocycles. The summed E-state index contributed by atoms with van der Waals surface area (Å²) in [7, 11) is 0. The van der Waals surface area contributed by atoms with Crippen molar-refractivity contribution in [1.82, 2.24) is 0 Å². The van der Waals surface area contributed by atoms with Gasteiger partial charge in [0, 0.05) is 17.3 Å². The van der Waals surface area contributed by atoms with E-state index >= 15 is 0 Å². The minimum atomic E-state index is -0.352. The summed E-state index contributed by atoms with van der Waals surface area (Å²) in [5.41, 5.74) is 8.03. The minimum absolute atomic E-state index is 0.352. The fourth-order valence-electron chi connectivity index (χ4n) is 3.21. The van der Waals surface area contributed by atoms with Gasteiger partial charge in [0.2, 0.25) is 5.91 Å². The summed E-state index contributed by atoms with van der Waals surface area (Å²) in [6, 6.07) is 6.25. The highest BCUT2D eigenvalue weighted by Crippen LogP contribution is 2.32. The number of hydrogen-bond donors (Lipinski definition) is 2. The molecular weight excluding hydrogens is 248 g/mol. The summed E-state index contributed by atoms with van der Waals surface area (Å²) in [6.45, 7) is 6.60. The van der Waals surface area contributed by atoms with Crippen LogP contribution in [0, 0.1) is 18.8 Å². The lowest BCUT2D eigenvalue weighted by Gasteiger charge is -2.32. The van der Waals surface area contributed by atoms with E-state index < -0.39 is 0 Å². The van der Waals surface area contributed by atoms with Gasteiger partial charge in [0.05, 0.1) is 0 Å². The molecule has 0 radical (unpaired) electrons. The molecule has 0 atom stereocenters. The molecule has 20 heavy (non-hydrogen) atoms. The summed E-state index contributed by atoms with van der Waals surface area (Å²) in [4.78, 5) is 11.4. The molecule has 1 aromatic rings. The Morgan fingerprint density at radius 3 is 2.45 bits per heavy atom. The lowest BCUT2D eigenvalue weighted by molar-refractivity contribution is 0.0999. The molecule has 1 saturated carbocycles. The number of primary amides is 1. The van der Waals surface area contributed by atoms with E-state index in [-0.39, 0.29) is 5.91 Å². The second kappa shape index (κ2) is 6.29. The van der Waals surface area contributed by atoms with Crippen LogP contribution in [0.25, 0.3) is 0 Å². The molecule has 0 bridgehead atoms. The highest BCUT2D eigenvalue weighted by atomic mass is 16.1. The standard InChI is InChI=1S/C17H26N2O/c1-11(2)13-7-9-14(10-8-13)19-16-6-4-5-15(12(16)3)17(18)20/h4-6,11,13-14,19H,7-10H2,1-3H3,(H2,18,20). The van der Waals surface area contributed by atoms with E-state index in [0.717, 1.165) is 23.1 Å². The van der Waals surface area contributed by atoms with Crippen molar-refractivity contribution in [2.75, 3.05) is 5.32 Å². The molecule has 2 rings (SSSR count). The van der Waals surface area contributed by atoms with Crippen molar-refractivity contribution in [2.24, 2.45) is 17.6 Å². The lowest BCUT2D eigenvalue weighted by atomic mass is 9.79. The Labute approximate surface area is 121 Å². The maximum atomic E-state index is 11.4. The topological polar surface area (TPSA) is 55.1 Å². The van der Waals surface area contributed by atoms with E-state index in [9.17, 15) is 4.79 Å². The number of benzene rings is 1. The monoisotopic (exact) mass is 274 g/mol.